The van der Waals surface area contributed by atoms with Crippen molar-refractivity contribution in [2.75, 3.05) is 0 Å². The van der Waals surface area contributed by atoms with Gasteiger partial charge in [-0.3, -0.25) is 11.3 Å². The van der Waals surface area contributed by atoms with E-state index in [4.69, 9.17) is 17.4 Å². The molecule has 3 N–H and O–H groups in total. The smallest absolute Gasteiger partial charge is 0.145 e. The molecular formula is C17H20ClFN2. The average molecular weight is 307 g/mol. The number of nitrogens with two attached hydrogens (primary N) is 1. The van der Waals surface area contributed by atoms with Crippen LogP contribution >= 0.6 is 11.6 Å². The third kappa shape index (κ3) is 4.53. The summed E-state index contributed by atoms with van der Waals surface area (Å²) in [5.74, 6) is 5.25. The van der Waals surface area contributed by atoms with Gasteiger partial charge in [-0.25, -0.2) is 4.39 Å². The van der Waals surface area contributed by atoms with Crippen LogP contribution in [0.25, 0.3) is 0 Å². The highest BCUT2D eigenvalue weighted by atomic mass is 35.5. The van der Waals surface area contributed by atoms with E-state index in [1.165, 1.54) is 11.1 Å². The van der Waals surface area contributed by atoms with Crippen molar-refractivity contribution in [2.24, 2.45) is 5.84 Å². The molecule has 0 bridgehead atoms. The Morgan fingerprint density at radius 3 is 2.71 bits per heavy atom. The maximum Gasteiger partial charge on any atom is 0.145 e. The zero-order valence-corrected chi connectivity index (χ0v) is 12.8. The summed E-state index contributed by atoms with van der Waals surface area (Å²) < 4.78 is 13.9. The van der Waals surface area contributed by atoms with Crippen LogP contribution in [0, 0.1) is 12.7 Å². The first-order chi connectivity index (χ1) is 10.1. The van der Waals surface area contributed by atoms with Gasteiger partial charge in [0.2, 0.25) is 0 Å². The highest BCUT2D eigenvalue weighted by molar-refractivity contribution is 6.30. The summed E-state index contributed by atoms with van der Waals surface area (Å²) in [5.41, 5.74) is 5.87. The third-order valence-corrected chi connectivity index (χ3v) is 3.89. The molecule has 0 amide bonds. The lowest BCUT2D eigenvalue weighted by atomic mass is 9.98. The number of aryl methyl sites for hydroxylation is 2. The van der Waals surface area contributed by atoms with Crippen molar-refractivity contribution in [1.82, 2.24) is 5.43 Å². The van der Waals surface area contributed by atoms with E-state index in [9.17, 15) is 4.39 Å². The predicted molar refractivity (Wildman–Crippen MR) is 85.7 cm³/mol. The second-order valence-corrected chi connectivity index (χ2v) is 5.72. The van der Waals surface area contributed by atoms with Gasteiger partial charge < -0.3 is 0 Å². The fraction of sp³-hybridized carbons (Fsp3) is 0.294. The van der Waals surface area contributed by atoms with Crippen LogP contribution in [0.1, 0.15) is 23.1 Å². The number of benzene rings is 2. The Hall–Kier alpha value is -1.42. The molecule has 4 heteroatoms. The summed E-state index contributed by atoms with van der Waals surface area (Å²) in [5, 5.41) is 0.155. The molecule has 0 aliphatic heterocycles. The van der Waals surface area contributed by atoms with E-state index in [-0.39, 0.29) is 16.9 Å². The number of hydrogen-bond acceptors (Lipinski definition) is 2. The zero-order chi connectivity index (χ0) is 15.2. The van der Waals surface area contributed by atoms with E-state index >= 15 is 0 Å². The number of halogens is 2. The van der Waals surface area contributed by atoms with E-state index in [0.29, 0.717) is 12.0 Å². The fourth-order valence-corrected chi connectivity index (χ4v) is 2.62. The van der Waals surface area contributed by atoms with Gasteiger partial charge in [-0.2, -0.15) is 0 Å². The van der Waals surface area contributed by atoms with Gasteiger partial charge in [0.25, 0.3) is 0 Å². The van der Waals surface area contributed by atoms with E-state index in [1.54, 1.807) is 18.2 Å². The standard InChI is InChI=1S/C17H20ClFN2/c1-12-4-2-5-13(10-12)8-9-15(21-20)11-14-6-3-7-16(18)17(14)19/h2-7,10,15,21H,8-9,11,20H2,1H3. The Morgan fingerprint density at radius 1 is 1.24 bits per heavy atom. The van der Waals surface area contributed by atoms with Crippen LogP contribution in [0.5, 0.6) is 0 Å². The van der Waals surface area contributed by atoms with Crippen LogP contribution in [0.3, 0.4) is 0 Å². The molecule has 1 atom stereocenters. The fourth-order valence-electron chi connectivity index (χ4n) is 2.42. The Labute approximate surface area is 130 Å². The van der Waals surface area contributed by atoms with Crippen molar-refractivity contribution in [3.63, 3.8) is 0 Å². The highest BCUT2D eigenvalue weighted by Crippen LogP contribution is 2.20. The molecule has 0 aromatic heterocycles. The van der Waals surface area contributed by atoms with Crippen molar-refractivity contribution in [3.8, 4) is 0 Å². The predicted octanol–water partition coefficient (Wildman–Crippen LogP) is 3.79. The van der Waals surface area contributed by atoms with Gasteiger partial charge in [-0.05, 0) is 43.4 Å². The molecule has 2 aromatic carbocycles. The van der Waals surface area contributed by atoms with Crippen molar-refractivity contribution in [1.29, 1.82) is 0 Å². The molecule has 0 spiro atoms. The Bertz CT molecular complexity index is 601. The largest absolute Gasteiger partial charge is 0.271 e. The number of hydrogen-bond donors (Lipinski definition) is 2. The highest BCUT2D eigenvalue weighted by Gasteiger charge is 2.13. The monoisotopic (exact) mass is 306 g/mol. The minimum absolute atomic E-state index is 0.0125. The van der Waals surface area contributed by atoms with Crippen molar-refractivity contribution < 1.29 is 4.39 Å². The van der Waals surface area contributed by atoms with Gasteiger partial charge in [-0.15, -0.1) is 0 Å². The quantitative estimate of drug-likeness (QED) is 0.629. The Morgan fingerprint density at radius 2 is 2.00 bits per heavy atom. The third-order valence-electron chi connectivity index (χ3n) is 3.60. The minimum Gasteiger partial charge on any atom is -0.271 e. The molecule has 1 unspecified atom stereocenters. The van der Waals surface area contributed by atoms with Crippen molar-refractivity contribution in [2.45, 2.75) is 32.2 Å². The van der Waals surface area contributed by atoms with Crippen LogP contribution in [-0.4, -0.2) is 6.04 Å². The lowest BCUT2D eigenvalue weighted by Crippen LogP contribution is -2.37. The second-order valence-electron chi connectivity index (χ2n) is 5.31. The summed E-state index contributed by atoms with van der Waals surface area (Å²) in [6, 6.07) is 13.5. The molecule has 2 aromatic rings. The molecule has 0 radical (unpaired) electrons. The number of nitrogens with one attached hydrogen (secondary N) is 1. The first-order valence-electron chi connectivity index (χ1n) is 7.04. The molecule has 21 heavy (non-hydrogen) atoms. The van der Waals surface area contributed by atoms with Crippen LogP contribution < -0.4 is 11.3 Å². The van der Waals surface area contributed by atoms with E-state index in [2.05, 4.69) is 30.5 Å². The van der Waals surface area contributed by atoms with E-state index in [0.717, 1.165) is 12.8 Å². The molecule has 0 saturated heterocycles. The second kappa shape index (κ2) is 7.55. The lowest BCUT2D eigenvalue weighted by molar-refractivity contribution is 0.480. The van der Waals surface area contributed by atoms with Gasteiger partial charge in [0.05, 0.1) is 5.02 Å². The summed E-state index contributed by atoms with van der Waals surface area (Å²) in [6.07, 6.45) is 2.26. The topological polar surface area (TPSA) is 38.0 Å². The lowest BCUT2D eigenvalue weighted by Gasteiger charge is -2.16. The molecule has 2 nitrogen and oxygen atoms in total. The Balaban J connectivity index is 1.99. The molecular weight excluding hydrogens is 287 g/mol. The van der Waals surface area contributed by atoms with Crippen LogP contribution in [0.2, 0.25) is 5.02 Å². The normalized spacial score (nSPS) is 12.4. The molecule has 112 valence electrons. The van der Waals surface area contributed by atoms with Gasteiger partial charge in [0.15, 0.2) is 0 Å². The van der Waals surface area contributed by atoms with Gasteiger partial charge in [0, 0.05) is 6.04 Å². The zero-order valence-electron chi connectivity index (χ0n) is 12.1. The molecule has 2 rings (SSSR count). The van der Waals surface area contributed by atoms with Crippen LogP contribution in [-0.2, 0) is 12.8 Å². The molecule has 0 aliphatic carbocycles. The first kappa shape index (κ1) is 16.0. The molecule has 0 heterocycles. The summed E-state index contributed by atoms with van der Waals surface area (Å²) in [6.45, 7) is 2.07. The molecule has 0 fully saturated rings. The molecule has 0 saturated carbocycles. The summed E-state index contributed by atoms with van der Waals surface area (Å²) in [4.78, 5) is 0. The maximum atomic E-state index is 13.9. The Kier molecular flexibility index (Phi) is 5.74. The number of hydrazine groups is 1. The molecule has 0 aliphatic rings. The van der Waals surface area contributed by atoms with Crippen molar-refractivity contribution in [3.05, 3.63) is 70.0 Å². The van der Waals surface area contributed by atoms with Crippen LogP contribution in [0.15, 0.2) is 42.5 Å². The maximum absolute atomic E-state index is 13.9. The summed E-state index contributed by atoms with van der Waals surface area (Å²) >= 11 is 5.80. The first-order valence-corrected chi connectivity index (χ1v) is 7.42. The minimum atomic E-state index is -0.352. The van der Waals surface area contributed by atoms with E-state index < -0.39 is 0 Å². The van der Waals surface area contributed by atoms with Crippen molar-refractivity contribution >= 4 is 11.6 Å². The van der Waals surface area contributed by atoms with Gasteiger partial charge in [0.1, 0.15) is 5.82 Å². The average Bonchev–Trinajstić information content (AvgIpc) is 2.48. The summed E-state index contributed by atoms with van der Waals surface area (Å²) in [7, 11) is 0. The SMILES string of the molecule is Cc1cccc(CCC(Cc2cccc(Cl)c2F)NN)c1. The van der Waals surface area contributed by atoms with Gasteiger partial charge >= 0.3 is 0 Å². The van der Waals surface area contributed by atoms with Crippen LogP contribution in [0.4, 0.5) is 4.39 Å². The van der Waals surface area contributed by atoms with Gasteiger partial charge in [-0.1, -0.05) is 53.6 Å². The van der Waals surface area contributed by atoms with E-state index in [1.807, 2.05) is 6.07 Å². The number of rotatable bonds is 6.